The highest BCUT2D eigenvalue weighted by Gasteiger charge is 2.36. The summed E-state index contributed by atoms with van der Waals surface area (Å²) in [6.07, 6.45) is 1.49. The number of hydroxylamine groups is 2. The number of nitrogens with zero attached hydrogens (tertiary/aromatic N) is 2. The number of hydrogen-bond donors (Lipinski definition) is 1. The van der Waals surface area contributed by atoms with Gasteiger partial charge in [0, 0.05) is 0 Å². The fraction of sp³-hybridized carbons (Fsp3) is 0.0714. The quantitative estimate of drug-likeness (QED) is 0.851. The third-order valence-corrected chi connectivity index (χ3v) is 2.95. The topological polar surface area (TPSA) is 85.5 Å². The van der Waals surface area contributed by atoms with Crippen LogP contribution >= 0.6 is 0 Å². The number of carbonyl (C=O) groups excluding carboxylic acids is 2. The first-order valence-corrected chi connectivity index (χ1v) is 5.98. The van der Waals surface area contributed by atoms with Gasteiger partial charge >= 0.3 is 0 Å². The Labute approximate surface area is 114 Å². The molecule has 0 atom stereocenters. The van der Waals surface area contributed by atoms with Crippen molar-refractivity contribution in [1.29, 1.82) is 0 Å². The molecule has 2 aromatic rings. The Hall–Kier alpha value is -2.73. The minimum atomic E-state index is -0.457. The molecule has 2 heterocycles. The molecule has 1 aliphatic heterocycles. The van der Waals surface area contributed by atoms with E-state index in [1.54, 1.807) is 36.4 Å². The van der Waals surface area contributed by atoms with Crippen LogP contribution in [0.5, 0.6) is 0 Å². The van der Waals surface area contributed by atoms with Crippen molar-refractivity contribution >= 4 is 17.5 Å². The first-order valence-electron chi connectivity index (χ1n) is 5.98. The molecule has 0 aliphatic carbocycles. The van der Waals surface area contributed by atoms with E-state index in [2.05, 4.69) is 4.98 Å². The summed E-state index contributed by atoms with van der Waals surface area (Å²) < 4.78 is 0. The molecule has 2 amide bonds. The van der Waals surface area contributed by atoms with Gasteiger partial charge in [-0.05, 0) is 24.3 Å². The number of benzene rings is 1. The van der Waals surface area contributed by atoms with E-state index in [1.807, 2.05) is 0 Å². The van der Waals surface area contributed by atoms with Crippen LogP contribution in [0.25, 0.3) is 0 Å². The van der Waals surface area contributed by atoms with Crippen molar-refractivity contribution in [2.45, 2.75) is 6.61 Å². The summed E-state index contributed by atoms with van der Waals surface area (Å²) in [6.45, 7) is 0.0196. The lowest BCUT2D eigenvalue weighted by Crippen LogP contribution is -2.29. The van der Waals surface area contributed by atoms with Crippen LogP contribution in [0.3, 0.4) is 0 Å². The third-order valence-electron chi connectivity index (χ3n) is 2.95. The molecule has 20 heavy (non-hydrogen) atoms. The van der Waals surface area contributed by atoms with E-state index in [4.69, 9.17) is 10.6 Å². The molecule has 0 saturated heterocycles. The fourth-order valence-corrected chi connectivity index (χ4v) is 1.94. The summed E-state index contributed by atoms with van der Waals surface area (Å²) in [6, 6.07) is 9.95. The number of fused-ring (bicyclic) bond motifs is 1. The molecule has 100 valence electrons. The van der Waals surface area contributed by atoms with Gasteiger partial charge in [0.05, 0.1) is 28.7 Å². The summed E-state index contributed by atoms with van der Waals surface area (Å²) >= 11 is 0. The molecule has 2 N–H and O–H groups in total. The summed E-state index contributed by atoms with van der Waals surface area (Å²) in [4.78, 5) is 33.4. The zero-order valence-corrected chi connectivity index (χ0v) is 10.4. The minimum Gasteiger partial charge on any atom is -0.397 e. The van der Waals surface area contributed by atoms with E-state index in [1.165, 1.54) is 6.20 Å². The molecule has 0 bridgehead atoms. The average Bonchev–Trinajstić information content (AvgIpc) is 2.71. The van der Waals surface area contributed by atoms with Gasteiger partial charge in [-0.25, -0.2) is 0 Å². The lowest BCUT2D eigenvalue weighted by atomic mass is 10.1. The number of hydrogen-bond acceptors (Lipinski definition) is 5. The Balaban J connectivity index is 1.75. The highest BCUT2D eigenvalue weighted by molar-refractivity contribution is 6.20. The number of amides is 2. The van der Waals surface area contributed by atoms with Crippen molar-refractivity contribution in [3.8, 4) is 0 Å². The van der Waals surface area contributed by atoms with Gasteiger partial charge in [-0.3, -0.25) is 19.4 Å². The Morgan fingerprint density at radius 2 is 1.70 bits per heavy atom. The standard InChI is InChI=1S/C14H11N3O3/c15-9-5-6-10(16-7-9)8-20-17-13(18)11-3-1-2-4-12(11)14(17)19/h1-7H,8,15H2. The molecular weight excluding hydrogens is 258 g/mol. The molecule has 1 aromatic heterocycles. The van der Waals surface area contributed by atoms with Crippen LogP contribution in [0.4, 0.5) is 5.69 Å². The number of pyridine rings is 1. The van der Waals surface area contributed by atoms with Gasteiger partial charge in [0.1, 0.15) is 6.61 Å². The van der Waals surface area contributed by atoms with Crippen LogP contribution in [0.1, 0.15) is 26.4 Å². The van der Waals surface area contributed by atoms with E-state index in [-0.39, 0.29) is 6.61 Å². The number of nitrogen functional groups attached to an aromatic ring is 1. The largest absolute Gasteiger partial charge is 0.397 e. The predicted octanol–water partition coefficient (Wildman–Crippen LogP) is 1.39. The predicted molar refractivity (Wildman–Crippen MR) is 70.4 cm³/mol. The second kappa shape index (κ2) is 4.75. The van der Waals surface area contributed by atoms with Gasteiger partial charge in [0.25, 0.3) is 11.8 Å². The number of anilines is 1. The number of rotatable bonds is 3. The molecule has 1 aliphatic rings. The third kappa shape index (κ3) is 2.02. The second-order valence-corrected chi connectivity index (χ2v) is 4.31. The monoisotopic (exact) mass is 269 g/mol. The second-order valence-electron chi connectivity index (χ2n) is 4.31. The van der Waals surface area contributed by atoms with Crippen molar-refractivity contribution in [2.24, 2.45) is 0 Å². The average molecular weight is 269 g/mol. The minimum absolute atomic E-state index is 0.0196. The zero-order chi connectivity index (χ0) is 14.1. The normalized spacial score (nSPS) is 13.7. The number of imide groups is 1. The van der Waals surface area contributed by atoms with E-state index in [9.17, 15) is 9.59 Å². The maximum absolute atomic E-state index is 12.0. The molecule has 0 spiro atoms. The lowest BCUT2D eigenvalue weighted by Gasteiger charge is -2.12. The molecule has 0 unspecified atom stereocenters. The highest BCUT2D eigenvalue weighted by Crippen LogP contribution is 2.23. The SMILES string of the molecule is Nc1ccc(CON2C(=O)c3ccccc3C2=O)nc1. The molecule has 0 saturated carbocycles. The number of aromatic nitrogens is 1. The Kier molecular flexibility index (Phi) is 2.92. The summed E-state index contributed by atoms with van der Waals surface area (Å²) in [5, 5.41) is 0.767. The van der Waals surface area contributed by atoms with Gasteiger partial charge in [0.15, 0.2) is 0 Å². The van der Waals surface area contributed by atoms with Crippen LogP contribution in [0, 0.1) is 0 Å². The number of nitrogens with two attached hydrogens (primary N) is 1. The van der Waals surface area contributed by atoms with Crippen LogP contribution in [-0.4, -0.2) is 21.9 Å². The van der Waals surface area contributed by atoms with E-state index < -0.39 is 11.8 Å². The first-order chi connectivity index (χ1) is 9.66. The van der Waals surface area contributed by atoms with E-state index in [0.29, 0.717) is 22.5 Å². The molecular formula is C14H11N3O3. The summed E-state index contributed by atoms with van der Waals surface area (Å²) in [7, 11) is 0. The van der Waals surface area contributed by atoms with Crippen molar-refractivity contribution in [3.63, 3.8) is 0 Å². The van der Waals surface area contributed by atoms with Crippen LogP contribution < -0.4 is 5.73 Å². The Morgan fingerprint density at radius 3 is 2.25 bits per heavy atom. The Bertz CT molecular complexity index is 647. The highest BCUT2D eigenvalue weighted by atomic mass is 16.7. The van der Waals surface area contributed by atoms with Crippen molar-refractivity contribution < 1.29 is 14.4 Å². The van der Waals surface area contributed by atoms with Crippen molar-refractivity contribution in [3.05, 3.63) is 59.4 Å². The van der Waals surface area contributed by atoms with Gasteiger partial charge in [-0.1, -0.05) is 12.1 Å². The fourth-order valence-electron chi connectivity index (χ4n) is 1.94. The van der Waals surface area contributed by atoms with Crippen molar-refractivity contribution in [1.82, 2.24) is 10.0 Å². The lowest BCUT2D eigenvalue weighted by molar-refractivity contribution is -0.102. The smallest absolute Gasteiger partial charge is 0.285 e. The van der Waals surface area contributed by atoms with Gasteiger partial charge in [-0.15, -0.1) is 5.06 Å². The van der Waals surface area contributed by atoms with Gasteiger partial charge in [-0.2, -0.15) is 0 Å². The molecule has 0 fully saturated rings. The molecule has 0 radical (unpaired) electrons. The van der Waals surface area contributed by atoms with Crippen LogP contribution in [-0.2, 0) is 11.4 Å². The first kappa shape index (κ1) is 12.3. The molecule has 3 rings (SSSR count). The van der Waals surface area contributed by atoms with E-state index >= 15 is 0 Å². The summed E-state index contributed by atoms with van der Waals surface area (Å²) in [5.74, 6) is -0.915. The number of carbonyl (C=O) groups is 2. The van der Waals surface area contributed by atoms with Gasteiger partial charge in [0.2, 0.25) is 0 Å². The zero-order valence-electron chi connectivity index (χ0n) is 10.4. The summed E-state index contributed by atoms with van der Waals surface area (Å²) in [5.41, 5.74) is 7.34. The maximum Gasteiger partial charge on any atom is 0.285 e. The maximum atomic E-state index is 12.0. The van der Waals surface area contributed by atoms with E-state index in [0.717, 1.165) is 5.06 Å². The van der Waals surface area contributed by atoms with Crippen LogP contribution in [0.15, 0.2) is 42.6 Å². The Morgan fingerprint density at radius 1 is 1.05 bits per heavy atom. The van der Waals surface area contributed by atoms with Crippen LogP contribution in [0.2, 0.25) is 0 Å². The van der Waals surface area contributed by atoms with Gasteiger partial charge < -0.3 is 5.73 Å². The molecule has 6 nitrogen and oxygen atoms in total. The molecule has 1 aromatic carbocycles. The van der Waals surface area contributed by atoms with Crippen molar-refractivity contribution in [2.75, 3.05) is 5.73 Å². The molecule has 6 heteroatoms.